The molecule has 1 N–H and O–H groups in total. The molecule has 0 aliphatic carbocycles. The van der Waals surface area contributed by atoms with Crippen LogP contribution in [0.3, 0.4) is 0 Å². The van der Waals surface area contributed by atoms with Crippen molar-refractivity contribution in [2.75, 3.05) is 7.11 Å². The molecule has 0 fully saturated rings. The van der Waals surface area contributed by atoms with Gasteiger partial charge in [-0.25, -0.2) is 4.79 Å². The Hall–Kier alpha value is -2.55. The minimum absolute atomic E-state index is 0.158. The molecule has 0 bridgehead atoms. The third-order valence-electron chi connectivity index (χ3n) is 3.47. The zero-order valence-electron chi connectivity index (χ0n) is 13.3. The number of nitrogens with zero attached hydrogens (tertiary/aromatic N) is 1. The summed E-state index contributed by atoms with van der Waals surface area (Å²) < 4.78 is 4.75. The Labute approximate surface area is 155 Å². The zero-order valence-corrected chi connectivity index (χ0v) is 14.8. The molecule has 5 nitrogen and oxygen atoms in total. The quantitative estimate of drug-likeness (QED) is 0.811. The maximum Gasteiger partial charge on any atom is 0.328 e. The monoisotopic (exact) mass is 376 g/mol. The molecule has 0 unspecified atom stereocenters. The Kier molecular flexibility index (Phi) is 6.40. The fourth-order valence-corrected chi connectivity index (χ4v) is 2.58. The SMILES string of the molecule is COC(=O)[C@H](Cc1ccc(Cl)c(C#N)c1)NC(=O)c1cccc(Cl)c1. The first-order valence-electron chi connectivity index (χ1n) is 7.27. The van der Waals surface area contributed by atoms with E-state index in [1.807, 2.05) is 6.07 Å². The molecule has 0 radical (unpaired) electrons. The highest BCUT2D eigenvalue weighted by atomic mass is 35.5. The van der Waals surface area contributed by atoms with E-state index in [4.69, 9.17) is 33.2 Å². The molecule has 0 saturated heterocycles. The second kappa shape index (κ2) is 8.52. The molecule has 0 aliphatic rings. The van der Waals surface area contributed by atoms with Crippen LogP contribution in [0.5, 0.6) is 0 Å². The van der Waals surface area contributed by atoms with Crippen LogP contribution in [0.1, 0.15) is 21.5 Å². The summed E-state index contributed by atoms with van der Waals surface area (Å²) in [6.07, 6.45) is 0.158. The van der Waals surface area contributed by atoms with Crippen molar-refractivity contribution in [1.29, 1.82) is 5.26 Å². The van der Waals surface area contributed by atoms with Crippen molar-refractivity contribution >= 4 is 35.1 Å². The molecule has 7 heteroatoms. The van der Waals surface area contributed by atoms with Gasteiger partial charge in [0, 0.05) is 17.0 Å². The van der Waals surface area contributed by atoms with Crippen LogP contribution in [0.15, 0.2) is 42.5 Å². The summed E-state index contributed by atoms with van der Waals surface area (Å²) in [4.78, 5) is 24.4. The fraction of sp³-hybridized carbons (Fsp3) is 0.167. The number of carbonyl (C=O) groups is 2. The van der Waals surface area contributed by atoms with Gasteiger partial charge in [0.25, 0.3) is 5.91 Å². The van der Waals surface area contributed by atoms with Crippen molar-refractivity contribution < 1.29 is 14.3 Å². The number of nitriles is 1. The molecule has 0 saturated carbocycles. The van der Waals surface area contributed by atoms with Crippen LogP contribution in [-0.2, 0) is 16.0 Å². The van der Waals surface area contributed by atoms with E-state index < -0.39 is 17.9 Å². The number of hydrogen-bond donors (Lipinski definition) is 1. The normalized spacial score (nSPS) is 11.3. The molecule has 0 heterocycles. The van der Waals surface area contributed by atoms with Crippen molar-refractivity contribution in [3.63, 3.8) is 0 Å². The maximum absolute atomic E-state index is 12.3. The largest absolute Gasteiger partial charge is 0.467 e. The highest BCUT2D eigenvalue weighted by Crippen LogP contribution is 2.18. The first kappa shape index (κ1) is 18.8. The Morgan fingerprint density at radius 3 is 2.64 bits per heavy atom. The standard InChI is InChI=1S/C18H14Cl2N2O3/c1-25-18(24)16(8-11-5-6-15(20)13(7-11)10-21)22-17(23)12-3-2-4-14(19)9-12/h2-7,9,16H,8H2,1H3,(H,22,23)/t16-/m0/s1. The molecule has 1 atom stereocenters. The number of benzene rings is 2. The number of amides is 1. The van der Waals surface area contributed by atoms with E-state index in [1.54, 1.807) is 36.4 Å². The Bertz CT molecular complexity index is 846. The predicted octanol–water partition coefficient (Wildman–Crippen LogP) is 3.38. The van der Waals surface area contributed by atoms with Crippen LogP contribution in [0.25, 0.3) is 0 Å². The maximum atomic E-state index is 12.3. The Morgan fingerprint density at radius 1 is 1.24 bits per heavy atom. The van der Waals surface area contributed by atoms with Crippen LogP contribution >= 0.6 is 23.2 Å². The fourth-order valence-electron chi connectivity index (χ4n) is 2.23. The minimum atomic E-state index is -0.913. The highest BCUT2D eigenvalue weighted by molar-refractivity contribution is 6.31. The van der Waals surface area contributed by atoms with Gasteiger partial charge in [-0.1, -0.05) is 35.3 Å². The first-order valence-corrected chi connectivity index (χ1v) is 8.03. The Morgan fingerprint density at radius 2 is 2.00 bits per heavy atom. The van der Waals surface area contributed by atoms with Gasteiger partial charge in [-0.15, -0.1) is 0 Å². The van der Waals surface area contributed by atoms with Crippen molar-refractivity contribution in [3.8, 4) is 6.07 Å². The lowest BCUT2D eigenvalue weighted by Gasteiger charge is -2.17. The van der Waals surface area contributed by atoms with E-state index in [9.17, 15) is 9.59 Å². The molecule has 0 aromatic heterocycles. The van der Waals surface area contributed by atoms with Gasteiger partial charge >= 0.3 is 5.97 Å². The molecule has 2 rings (SSSR count). The summed E-state index contributed by atoms with van der Waals surface area (Å²) in [5.74, 6) is -1.05. The van der Waals surface area contributed by atoms with Crippen LogP contribution < -0.4 is 5.32 Å². The summed E-state index contributed by atoms with van der Waals surface area (Å²) in [5.41, 5.74) is 1.29. The molecule has 128 valence electrons. The van der Waals surface area contributed by atoms with E-state index in [2.05, 4.69) is 5.32 Å². The van der Waals surface area contributed by atoms with E-state index in [0.717, 1.165) is 0 Å². The number of halogens is 2. The lowest BCUT2D eigenvalue weighted by molar-refractivity contribution is -0.142. The van der Waals surface area contributed by atoms with Crippen LogP contribution in [0.2, 0.25) is 10.0 Å². The lowest BCUT2D eigenvalue weighted by Crippen LogP contribution is -2.43. The molecule has 0 spiro atoms. The van der Waals surface area contributed by atoms with E-state index in [-0.39, 0.29) is 6.42 Å². The van der Waals surface area contributed by atoms with Crippen molar-refractivity contribution in [1.82, 2.24) is 5.32 Å². The van der Waals surface area contributed by atoms with Crippen molar-refractivity contribution in [2.24, 2.45) is 0 Å². The topological polar surface area (TPSA) is 79.2 Å². The summed E-state index contributed by atoms with van der Waals surface area (Å²) in [6, 6.07) is 12.3. The van der Waals surface area contributed by atoms with E-state index in [0.29, 0.717) is 26.7 Å². The molecular weight excluding hydrogens is 363 g/mol. The van der Waals surface area contributed by atoms with Crippen molar-refractivity contribution in [3.05, 3.63) is 69.2 Å². The molecule has 25 heavy (non-hydrogen) atoms. The minimum Gasteiger partial charge on any atom is -0.467 e. The number of methoxy groups -OCH3 is 1. The molecule has 1 amide bonds. The summed E-state index contributed by atoms with van der Waals surface area (Å²) in [7, 11) is 1.24. The molecule has 2 aromatic rings. The van der Waals surface area contributed by atoms with Gasteiger partial charge in [0.2, 0.25) is 0 Å². The number of hydrogen-bond acceptors (Lipinski definition) is 4. The zero-order chi connectivity index (χ0) is 18.4. The third-order valence-corrected chi connectivity index (χ3v) is 4.03. The summed E-state index contributed by atoms with van der Waals surface area (Å²) >= 11 is 11.8. The Balaban J connectivity index is 2.21. The van der Waals surface area contributed by atoms with Crippen LogP contribution in [0, 0.1) is 11.3 Å². The van der Waals surface area contributed by atoms with Gasteiger partial charge in [0.15, 0.2) is 0 Å². The van der Waals surface area contributed by atoms with Gasteiger partial charge in [0.05, 0.1) is 17.7 Å². The van der Waals surface area contributed by atoms with Gasteiger partial charge in [-0.2, -0.15) is 5.26 Å². The van der Waals surface area contributed by atoms with E-state index in [1.165, 1.54) is 13.2 Å². The predicted molar refractivity (Wildman–Crippen MR) is 94.6 cm³/mol. The van der Waals surface area contributed by atoms with Gasteiger partial charge in [-0.05, 0) is 35.9 Å². The second-order valence-corrected chi connectivity index (χ2v) is 6.03. The lowest BCUT2D eigenvalue weighted by atomic mass is 10.0. The van der Waals surface area contributed by atoms with E-state index >= 15 is 0 Å². The number of nitrogens with one attached hydrogen (secondary N) is 1. The summed E-state index contributed by atoms with van der Waals surface area (Å²) in [6.45, 7) is 0. The van der Waals surface area contributed by atoms with Gasteiger partial charge < -0.3 is 10.1 Å². The number of rotatable bonds is 5. The smallest absolute Gasteiger partial charge is 0.328 e. The number of esters is 1. The third kappa shape index (κ3) is 4.96. The van der Waals surface area contributed by atoms with Crippen LogP contribution in [-0.4, -0.2) is 25.0 Å². The average molecular weight is 377 g/mol. The average Bonchev–Trinajstić information content (AvgIpc) is 2.61. The molecule has 0 aliphatic heterocycles. The summed E-state index contributed by atoms with van der Waals surface area (Å²) in [5, 5.41) is 12.4. The molecule has 2 aromatic carbocycles. The highest BCUT2D eigenvalue weighted by Gasteiger charge is 2.23. The van der Waals surface area contributed by atoms with Gasteiger partial charge in [-0.3, -0.25) is 4.79 Å². The number of carbonyl (C=O) groups excluding carboxylic acids is 2. The molecular formula is C18H14Cl2N2O3. The van der Waals surface area contributed by atoms with Crippen LogP contribution in [0.4, 0.5) is 0 Å². The first-order chi connectivity index (χ1) is 11.9. The van der Waals surface area contributed by atoms with Gasteiger partial charge in [0.1, 0.15) is 12.1 Å². The second-order valence-electron chi connectivity index (χ2n) is 5.19. The van der Waals surface area contributed by atoms with Crippen molar-refractivity contribution in [2.45, 2.75) is 12.5 Å². The number of ether oxygens (including phenoxy) is 1.